The summed E-state index contributed by atoms with van der Waals surface area (Å²) in [5, 5.41) is 4.19. The van der Waals surface area contributed by atoms with Gasteiger partial charge in [0.1, 0.15) is 11.5 Å². The molecule has 1 unspecified atom stereocenters. The minimum absolute atomic E-state index is 0.0403. The van der Waals surface area contributed by atoms with Gasteiger partial charge >= 0.3 is 5.97 Å². The van der Waals surface area contributed by atoms with E-state index in [0.717, 1.165) is 0 Å². The van der Waals surface area contributed by atoms with Crippen LogP contribution in [-0.2, 0) is 16.6 Å². The number of pyridine rings is 2. The average molecular weight is 462 g/mol. The predicted octanol–water partition coefficient (Wildman–Crippen LogP) is 4.44. The van der Waals surface area contributed by atoms with Gasteiger partial charge in [0.15, 0.2) is 6.10 Å². The Bertz CT molecular complexity index is 1400. The van der Waals surface area contributed by atoms with E-state index in [4.69, 9.17) is 16.3 Å². The van der Waals surface area contributed by atoms with E-state index in [1.165, 1.54) is 24.7 Å². The third-order valence-electron chi connectivity index (χ3n) is 5.20. The van der Waals surface area contributed by atoms with Crippen molar-refractivity contribution in [1.29, 1.82) is 0 Å². The number of esters is 1. The highest BCUT2D eigenvalue weighted by atomic mass is 35.5. The molecule has 33 heavy (non-hydrogen) atoms. The molecule has 0 aliphatic rings. The van der Waals surface area contributed by atoms with E-state index in [1.807, 2.05) is 0 Å². The van der Waals surface area contributed by atoms with Crippen molar-refractivity contribution < 1.29 is 14.3 Å². The molecule has 8 heteroatoms. The summed E-state index contributed by atoms with van der Waals surface area (Å²) in [7, 11) is 1.50. The van der Waals surface area contributed by atoms with E-state index in [-0.39, 0.29) is 11.3 Å². The molecule has 2 aromatic carbocycles. The Labute approximate surface area is 194 Å². The number of hydrogen-bond acceptors (Lipinski definition) is 5. The van der Waals surface area contributed by atoms with E-state index >= 15 is 0 Å². The van der Waals surface area contributed by atoms with Crippen LogP contribution in [-0.4, -0.2) is 27.5 Å². The lowest BCUT2D eigenvalue weighted by Gasteiger charge is -2.19. The molecule has 166 valence electrons. The Morgan fingerprint density at radius 2 is 1.67 bits per heavy atom. The minimum Gasteiger partial charge on any atom is -0.448 e. The highest BCUT2D eigenvalue weighted by Gasteiger charge is 2.26. The van der Waals surface area contributed by atoms with Gasteiger partial charge in [0.25, 0.3) is 11.5 Å². The summed E-state index contributed by atoms with van der Waals surface area (Å²) in [4.78, 5) is 42.8. The van der Waals surface area contributed by atoms with Gasteiger partial charge in [0, 0.05) is 29.2 Å². The number of nitrogens with one attached hydrogen (secondary N) is 1. The zero-order chi connectivity index (χ0) is 23.5. The van der Waals surface area contributed by atoms with Gasteiger partial charge < -0.3 is 14.6 Å². The number of rotatable bonds is 5. The van der Waals surface area contributed by atoms with Gasteiger partial charge in [-0.3, -0.25) is 9.59 Å². The Balaban J connectivity index is 1.76. The van der Waals surface area contributed by atoms with Crippen LogP contribution >= 0.6 is 11.6 Å². The first kappa shape index (κ1) is 22.2. The number of hydrogen-bond donors (Lipinski definition) is 1. The maximum atomic E-state index is 13.3. The first-order chi connectivity index (χ1) is 15.9. The second kappa shape index (κ2) is 9.26. The molecule has 4 aromatic rings. The lowest BCUT2D eigenvalue weighted by atomic mass is 9.96. The summed E-state index contributed by atoms with van der Waals surface area (Å²) < 4.78 is 6.72. The molecule has 1 amide bonds. The molecular weight excluding hydrogens is 442 g/mol. The first-order valence-corrected chi connectivity index (χ1v) is 10.5. The Morgan fingerprint density at radius 1 is 1.00 bits per heavy atom. The maximum Gasteiger partial charge on any atom is 0.356 e. The summed E-state index contributed by atoms with van der Waals surface area (Å²) in [5.41, 5.74) is 0.898. The van der Waals surface area contributed by atoms with Gasteiger partial charge in [0.2, 0.25) is 0 Å². The molecule has 7 nitrogen and oxygen atoms in total. The van der Waals surface area contributed by atoms with Gasteiger partial charge in [-0.2, -0.15) is 0 Å². The van der Waals surface area contributed by atoms with Crippen molar-refractivity contribution in [3.63, 3.8) is 0 Å². The van der Waals surface area contributed by atoms with Crippen LogP contribution in [0.3, 0.4) is 0 Å². The summed E-state index contributed by atoms with van der Waals surface area (Å²) in [5.74, 6) is -1.000. The number of fused-ring (bicyclic) bond motifs is 1. The molecular formula is C25H20ClN3O4. The number of ether oxygens (including phenoxy) is 1. The van der Waals surface area contributed by atoms with E-state index in [2.05, 4.69) is 10.3 Å². The Hall–Kier alpha value is -3.97. The molecule has 0 spiro atoms. The minimum atomic E-state index is -1.13. The fraction of sp³-hybridized carbons (Fsp3) is 0.120. The largest absolute Gasteiger partial charge is 0.448 e. The number of carbonyl (C=O) groups excluding carboxylic acids is 2. The van der Waals surface area contributed by atoms with Crippen molar-refractivity contribution >= 4 is 40.1 Å². The average Bonchev–Trinajstić information content (AvgIpc) is 2.82. The van der Waals surface area contributed by atoms with Crippen molar-refractivity contribution in [2.24, 2.45) is 7.05 Å². The summed E-state index contributed by atoms with van der Waals surface area (Å²) in [6, 6.07) is 19.0. The van der Waals surface area contributed by atoms with Crippen LogP contribution in [0.5, 0.6) is 0 Å². The number of anilines is 1. The predicted molar refractivity (Wildman–Crippen MR) is 127 cm³/mol. The second-order valence-corrected chi connectivity index (χ2v) is 7.83. The van der Waals surface area contributed by atoms with E-state index in [1.54, 1.807) is 66.7 Å². The zero-order valence-electron chi connectivity index (χ0n) is 17.9. The molecule has 0 bridgehead atoms. The number of halogens is 1. The van der Waals surface area contributed by atoms with Crippen molar-refractivity contribution in [3.8, 4) is 11.1 Å². The van der Waals surface area contributed by atoms with Crippen LogP contribution in [0.25, 0.3) is 21.9 Å². The van der Waals surface area contributed by atoms with Gasteiger partial charge in [-0.1, -0.05) is 48.0 Å². The normalized spacial score (nSPS) is 11.7. The highest BCUT2D eigenvalue weighted by molar-refractivity contribution is 6.30. The fourth-order valence-electron chi connectivity index (χ4n) is 3.55. The molecule has 1 atom stereocenters. The third-order valence-corrected chi connectivity index (χ3v) is 5.45. The van der Waals surface area contributed by atoms with Crippen molar-refractivity contribution in [2.45, 2.75) is 13.0 Å². The highest BCUT2D eigenvalue weighted by Crippen LogP contribution is 2.32. The number of carbonyl (C=O) groups is 2. The Kier molecular flexibility index (Phi) is 6.24. The molecule has 1 N–H and O–H groups in total. The van der Waals surface area contributed by atoms with Crippen LogP contribution in [0.1, 0.15) is 17.4 Å². The SMILES string of the molecule is CC(OC(=O)c1c(-c2ccc(Cl)cc2)c2ccccc2c(=O)n1C)C(=O)Nc1ccccn1. The van der Waals surface area contributed by atoms with E-state index in [9.17, 15) is 14.4 Å². The van der Waals surface area contributed by atoms with E-state index in [0.29, 0.717) is 32.7 Å². The molecule has 2 aromatic heterocycles. The van der Waals surface area contributed by atoms with Gasteiger partial charge in [-0.25, -0.2) is 9.78 Å². The lowest BCUT2D eigenvalue weighted by molar-refractivity contribution is -0.123. The molecule has 0 fully saturated rings. The fourth-order valence-corrected chi connectivity index (χ4v) is 3.67. The molecule has 0 aliphatic carbocycles. The van der Waals surface area contributed by atoms with Crippen LogP contribution in [0.4, 0.5) is 5.82 Å². The topological polar surface area (TPSA) is 90.3 Å². The van der Waals surface area contributed by atoms with Crippen molar-refractivity contribution in [3.05, 3.63) is 94.0 Å². The summed E-state index contributed by atoms with van der Waals surface area (Å²) >= 11 is 6.05. The number of nitrogens with zero attached hydrogens (tertiary/aromatic N) is 2. The Morgan fingerprint density at radius 3 is 2.33 bits per heavy atom. The molecule has 0 aliphatic heterocycles. The maximum absolute atomic E-state index is 13.3. The third kappa shape index (κ3) is 4.49. The summed E-state index contributed by atoms with van der Waals surface area (Å²) in [6.07, 6.45) is 0.411. The number of benzene rings is 2. The van der Waals surface area contributed by atoms with Crippen molar-refractivity contribution in [1.82, 2.24) is 9.55 Å². The van der Waals surface area contributed by atoms with Gasteiger partial charge in [0.05, 0.1) is 0 Å². The van der Waals surface area contributed by atoms with Gasteiger partial charge in [-0.05, 0) is 48.2 Å². The number of aromatic nitrogens is 2. The quantitative estimate of drug-likeness (QED) is 0.444. The van der Waals surface area contributed by atoms with Crippen molar-refractivity contribution in [2.75, 3.05) is 5.32 Å². The number of amides is 1. The first-order valence-electron chi connectivity index (χ1n) is 10.2. The van der Waals surface area contributed by atoms with Crippen LogP contribution in [0.15, 0.2) is 77.7 Å². The zero-order valence-corrected chi connectivity index (χ0v) is 18.7. The van der Waals surface area contributed by atoms with Crippen LogP contribution in [0.2, 0.25) is 5.02 Å². The molecule has 2 heterocycles. The van der Waals surface area contributed by atoms with Crippen LogP contribution < -0.4 is 10.9 Å². The molecule has 4 rings (SSSR count). The molecule has 0 saturated carbocycles. The smallest absolute Gasteiger partial charge is 0.356 e. The summed E-state index contributed by atoms with van der Waals surface area (Å²) in [6.45, 7) is 1.46. The molecule has 0 radical (unpaired) electrons. The van der Waals surface area contributed by atoms with Gasteiger partial charge in [-0.15, -0.1) is 0 Å². The lowest BCUT2D eigenvalue weighted by Crippen LogP contribution is -2.33. The van der Waals surface area contributed by atoms with Crippen LogP contribution in [0, 0.1) is 0 Å². The standard InChI is InChI=1S/C25H20ClN3O4/c1-15(23(30)28-20-9-5-6-14-27-20)33-25(32)22-21(16-10-12-17(26)13-11-16)18-7-3-4-8-19(18)24(31)29(22)2/h3-15H,1-2H3,(H,27,28,30). The monoisotopic (exact) mass is 461 g/mol. The second-order valence-electron chi connectivity index (χ2n) is 7.39. The van der Waals surface area contributed by atoms with E-state index < -0.39 is 18.0 Å². The molecule has 0 saturated heterocycles.